The van der Waals surface area contributed by atoms with Crippen molar-refractivity contribution in [2.24, 2.45) is 7.05 Å². The molecule has 0 unspecified atom stereocenters. The first-order chi connectivity index (χ1) is 11.6. The van der Waals surface area contributed by atoms with E-state index in [-0.39, 0.29) is 11.6 Å². The predicted octanol–water partition coefficient (Wildman–Crippen LogP) is 1.44. The zero-order valence-electron chi connectivity index (χ0n) is 13.4. The number of nitrogens with zero attached hydrogens (tertiary/aromatic N) is 4. The van der Waals surface area contributed by atoms with Crippen molar-refractivity contribution in [2.75, 3.05) is 6.54 Å². The maximum Gasteiger partial charge on any atom is 0.345 e. The molecule has 0 aliphatic heterocycles. The van der Waals surface area contributed by atoms with E-state index in [1.807, 2.05) is 19.1 Å². The molecule has 7 nitrogen and oxygen atoms in total. The minimum absolute atomic E-state index is 0.135. The first-order valence-corrected chi connectivity index (χ1v) is 8.27. The van der Waals surface area contributed by atoms with Gasteiger partial charge >= 0.3 is 5.69 Å². The summed E-state index contributed by atoms with van der Waals surface area (Å²) in [7, 11) is 1.67. The SMILES string of the molecule is Cc1ccc(C(=O)NCCn2nc(-c3cccnc3)n(C)c2=O)s1. The molecule has 0 aliphatic rings. The van der Waals surface area contributed by atoms with Gasteiger partial charge in [-0.05, 0) is 31.2 Å². The molecule has 8 heteroatoms. The Kier molecular flexibility index (Phi) is 4.57. The molecule has 0 saturated heterocycles. The van der Waals surface area contributed by atoms with E-state index in [4.69, 9.17) is 0 Å². The summed E-state index contributed by atoms with van der Waals surface area (Å²) in [5.41, 5.74) is 0.545. The van der Waals surface area contributed by atoms with Crippen molar-refractivity contribution >= 4 is 17.2 Å². The molecule has 0 fully saturated rings. The van der Waals surface area contributed by atoms with E-state index >= 15 is 0 Å². The quantitative estimate of drug-likeness (QED) is 0.760. The highest BCUT2D eigenvalue weighted by molar-refractivity contribution is 7.13. The van der Waals surface area contributed by atoms with Crippen LogP contribution in [0, 0.1) is 6.92 Å². The number of rotatable bonds is 5. The number of thiophene rings is 1. The number of carbonyl (C=O) groups excluding carboxylic acids is 1. The molecule has 3 rings (SSSR count). The van der Waals surface area contributed by atoms with Crippen LogP contribution in [0.1, 0.15) is 14.5 Å². The van der Waals surface area contributed by atoms with Gasteiger partial charge in [0.05, 0.1) is 11.4 Å². The number of nitrogens with one attached hydrogen (secondary N) is 1. The lowest BCUT2D eigenvalue weighted by molar-refractivity contribution is 0.0956. The van der Waals surface area contributed by atoms with Gasteiger partial charge < -0.3 is 5.32 Å². The number of hydrogen-bond acceptors (Lipinski definition) is 5. The second-order valence-electron chi connectivity index (χ2n) is 5.30. The number of pyridine rings is 1. The summed E-state index contributed by atoms with van der Waals surface area (Å²) in [5.74, 6) is 0.415. The molecule has 0 saturated carbocycles. The molecule has 0 aliphatic carbocycles. The average Bonchev–Trinajstić information content (AvgIpc) is 3.14. The molecule has 0 bridgehead atoms. The lowest BCUT2D eigenvalue weighted by Crippen LogP contribution is -2.31. The number of aryl methyl sites for hydroxylation is 1. The fraction of sp³-hybridized carbons (Fsp3) is 0.250. The van der Waals surface area contributed by atoms with Gasteiger partial charge in [-0.15, -0.1) is 16.4 Å². The zero-order chi connectivity index (χ0) is 17.1. The minimum atomic E-state index is -0.227. The smallest absolute Gasteiger partial charge is 0.345 e. The number of hydrogen-bond donors (Lipinski definition) is 1. The third-order valence-electron chi connectivity index (χ3n) is 3.53. The van der Waals surface area contributed by atoms with Crippen molar-refractivity contribution in [1.82, 2.24) is 24.6 Å². The first-order valence-electron chi connectivity index (χ1n) is 7.45. The summed E-state index contributed by atoms with van der Waals surface area (Å²) >= 11 is 1.44. The van der Waals surface area contributed by atoms with Gasteiger partial charge in [0.2, 0.25) is 0 Å². The average molecular weight is 343 g/mol. The van der Waals surface area contributed by atoms with E-state index in [1.165, 1.54) is 20.6 Å². The lowest BCUT2D eigenvalue weighted by Gasteiger charge is -2.02. The van der Waals surface area contributed by atoms with Gasteiger partial charge in [-0.1, -0.05) is 0 Å². The van der Waals surface area contributed by atoms with E-state index in [0.717, 1.165) is 10.4 Å². The Bertz CT molecular complexity index is 910. The van der Waals surface area contributed by atoms with Crippen LogP contribution in [0.5, 0.6) is 0 Å². The third-order valence-corrected chi connectivity index (χ3v) is 4.53. The standard InChI is InChI=1S/C16H17N5O2S/c1-11-5-6-13(24-11)15(22)18-8-9-21-16(23)20(2)14(19-21)12-4-3-7-17-10-12/h3-7,10H,8-9H2,1-2H3,(H,18,22). The fourth-order valence-electron chi connectivity index (χ4n) is 2.30. The maximum absolute atomic E-state index is 12.2. The highest BCUT2D eigenvalue weighted by Crippen LogP contribution is 2.14. The summed E-state index contributed by atoms with van der Waals surface area (Å²) in [5, 5.41) is 7.14. The third kappa shape index (κ3) is 3.28. The van der Waals surface area contributed by atoms with Crippen LogP contribution in [0.3, 0.4) is 0 Å². The molecule has 3 heterocycles. The molecule has 0 radical (unpaired) electrons. The van der Waals surface area contributed by atoms with Gasteiger partial charge in [-0.2, -0.15) is 0 Å². The summed E-state index contributed by atoms with van der Waals surface area (Å²) in [6, 6.07) is 7.34. The normalized spacial score (nSPS) is 10.8. The lowest BCUT2D eigenvalue weighted by atomic mass is 10.3. The van der Waals surface area contributed by atoms with Crippen molar-refractivity contribution in [2.45, 2.75) is 13.5 Å². The Morgan fingerprint density at radius 3 is 2.83 bits per heavy atom. The molecule has 0 spiro atoms. The second-order valence-corrected chi connectivity index (χ2v) is 6.58. The summed E-state index contributed by atoms with van der Waals surface area (Å²) in [4.78, 5) is 30.0. The van der Waals surface area contributed by atoms with Crippen LogP contribution in [0.15, 0.2) is 41.5 Å². The molecule has 3 aromatic rings. The van der Waals surface area contributed by atoms with Crippen molar-refractivity contribution < 1.29 is 4.79 Å². The summed E-state index contributed by atoms with van der Waals surface area (Å²) < 4.78 is 2.82. The Morgan fingerprint density at radius 1 is 1.33 bits per heavy atom. The molecular formula is C16H17N5O2S. The van der Waals surface area contributed by atoms with Crippen molar-refractivity contribution in [3.8, 4) is 11.4 Å². The Balaban J connectivity index is 1.68. The van der Waals surface area contributed by atoms with Crippen LogP contribution in [0.2, 0.25) is 0 Å². The highest BCUT2D eigenvalue weighted by Gasteiger charge is 2.13. The monoisotopic (exact) mass is 343 g/mol. The maximum atomic E-state index is 12.2. The van der Waals surface area contributed by atoms with Crippen molar-refractivity contribution in [3.05, 3.63) is 56.9 Å². The number of carbonyl (C=O) groups is 1. The van der Waals surface area contributed by atoms with Crippen molar-refractivity contribution in [1.29, 1.82) is 0 Å². The second kappa shape index (κ2) is 6.79. The topological polar surface area (TPSA) is 81.8 Å². The number of aromatic nitrogens is 4. The van der Waals surface area contributed by atoms with Gasteiger partial charge in [0.15, 0.2) is 5.82 Å². The number of amides is 1. The molecule has 3 aromatic heterocycles. The van der Waals surface area contributed by atoms with Gasteiger partial charge in [0.1, 0.15) is 0 Å². The van der Waals surface area contributed by atoms with Crippen LogP contribution in [-0.4, -0.2) is 31.8 Å². The van der Waals surface area contributed by atoms with E-state index in [9.17, 15) is 9.59 Å². The molecule has 0 atom stereocenters. The molecule has 24 heavy (non-hydrogen) atoms. The molecule has 1 amide bonds. The van der Waals surface area contributed by atoms with E-state index in [2.05, 4.69) is 15.4 Å². The van der Waals surface area contributed by atoms with Crippen molar-refractivity contribution in [3.63, 3.8) is 0 Å². The Labute approximate surface area is 142 Å². The van der Waals surface area contributed by atoms with Gasteiger partial charge in [-0.3, -0.25) is 14.3 Å². The first kappa shape index (κ1) is 16.1. The molecular weight excluding hydrogens is 326 g/mol. The minimum Gasteiger partial charge on any atom is -0.349 e. The van der Waals surface area contributed by atoms with Crippen LogP contribution >= 0.6 is 11.3 Å². The van der Waals surface area contributed by atoms with Gasteiger partial charge in [0, 0.05) is 36.4 Å². The van der Waals surface area contributed by atoms with E-state index in [1.54, 1.807) is 31.6 Å². The van der Waals surface area contributed by atoms with Crippen LogP contribution in [0.25, 0.3) is 11.4 Å². The molecule has 0 aromatic carbocycles. The van der Waals surface area contributed by atoms with Crippen LogP contribution in [-0.2, 0) is 13.6 Å². The fourth-order valence-corrected chi connectivity index (χ4v) is 3.08. The highest BCUT2D eigenvalue weighted by atomic mass is 32.1. The predicted molar refractivity (Wildman–Crippen MR) is 92.1 cm³/mol. The summed E-state index contributed by atoms with van der Waals surface area (Å²) in [6.07, 6.45) is 3.33. The Hall–Kier alpha value is -2.74. The Morgan fingerprint density at radius 2 is 2.17 bits per heavy atom. The van der Waals surface area contributed by atoms with Gasteiger partial charge in [-0.25, -0.2) is 9.48 Å². The largest absolute Gasteiger partial charge is 0.349 e. The summed E-state index contributed by atoms with van der Waals surface area (Å²) in [6.45, 7) is 2.59. The molecule has 1 N–H and O–H groups in total. The zero-order valence-corrected chi connectivity index (χ0v) is 14.2. The molecule has 124 valence electrons. The van der Waals surface area contributed by atoms with Crippen LogP contribution < -0.4 is 11.0 Å². The van der Waals surface area contributed by atoms with E-state index in [0.29, 0.717) is 23.8 Å². The van der Waals surface area contributed by atoms with E-state index < -0.39 is 0 Å². The van der Waals surface area contributed by atoms with Crippen LogP contribution in [0.4, 0.5) is 0 Å². The van der Waals surface area contributed by atoms with Gasteiger partial charge in [0.25, 0.3) is 5.91 Å².